The zero-order valence-electron chi connectivity index (χ0n) is 23.7. The summed E-state index contributed by atoms with van der Waals surface area (Å²) in [5.41, 5.74) is 0.588. The number of amides is 2. The highest BCUT2D eigenvalue weighted by Gasteiger charge is 2.47. The van der Waals surface area contributed by atoms with Gasteiger partial charge in [0.25, 0.3) is 11.6 Å². The van der Waals surface area contributed by atoms with E-state index in [1.165, 1.54) is 49.3 Å². The molecule has 0 bridgehead atoms. The van der Waals surface area contributed by atoms with Crippen LogP contribution in [0.15, 0.2) is 36.4 Å². The Balaban J connectivity index is 1.69. The van der Waals surface area contributed by atoms with Gasteiger partial charge in [-0.1, -0.05) is 0 Å². The van der Waals surface area contributed by atoms with Crippen molar-refractivity contribution in [2.75, 3.05) is 34.5 Å². The number of carboxylic acids is 1. The normalized spacial score (nSPS) is 16.5. The predicted molar refractivity (Wildman–Crippen MR) is 148 cm³/mol. The van der Waals surface area contributed by atoms with Crippen molar-refractivity contribution in [2.24, 2.45) is 0 Å². The number of likely N-dealkylation sites (N-methyl/N-ethyl adjacent to an activating group) is 1. The van der Waals surface area contributed by atoms with Gasteiger partial charge in [0.2, 0.25) is 11.8 Å². The van der Waals surface area contributed by atoms with Crippen LogP contribution in [0.3, 0.4) is 0 Å². The number of non-ortho nitro benzene ring substituents is 1. The number of rotatable bonds is 11. The Bertz CT molecular complexity index is 1560. The first-order valence-corrected chi connectivity index (χ1v) is 12.9. The number of benzene rings is 2. The molecule has 1 aromatic heterocycles. The molecule has 2 amide bonds. The number of pyridine rings is 1. The van der Waals surface area contributed by atoms with E-state index in [1.807, 2.05) is 0 Å². The number of hydrogen-bond acceptors (Lipinski definition) is 10. The average molecular weight is 583 g/mol. The summed E-state index contributed by atoms with van der Waals surface area (Å²) < 4.78 is 22.1. The largest absolute Gasteiger partial charge is 0.496 e. The summed E-state index contributed by atoms with van der Waals surface area (Å²) in [6, 6.07) is 8.12. The highest BCUT2D eigenvalue weighted by molar-refractivity contribution is 5.92. The molecule has 2 heterocycles. The molecule has 4 rings (SSSR count). The van der Waals surface area contributed by atoms with Crippen LogP contribution in [0.5, 0.6) is 23.1 Å². The fourth-order valence-electron chi connectivity index (χ4n) is 5.01. The molecule has 222 valence electrons. The highest BCUT2D eigenvalue weighted by Crippen LogP contribution is 2.44. The zero-order chi connectivity index (χ0) is 30.7. The quantitative estimate of drug-likeness (QED) is 0.260. The number of fused-ring (bicyclic) bond motifs is 1. The van der Waals surface area contributed by atoms with Crippen LogP contribution in [0.1, 0.15) is 31.1 Å². The zero-order valence-corrected chi connectivity index (χ0v) is 23.7. The molecule has 1 N–H and O–H groups in total. The Kier molecular flexibility index (Phi) is 8.64. The molecule has 14 nitrogen and oxygen atoms in total. The summed E-state index contributed by atoms with van der Waals surface area (Å²) in [5, 5.41) is 21.7. The molecule has 0 aliphatic carbocycles. The van der Waals surface area contributed by atoms with E-state index in [4.69, 9.17) is 18.9 Å². The molecule has 1 aliphatic rings. The summed E-state index contributed by atoms with van der Waals surface area (Å²) in [6.45, 7) is 2.93. The molecule has 1 aliphatic heterocycles. The minimum atomic E-state index is -1.07. The van der Waals surface area contributed by atoms with Crippen molar-refractivity contribution in [1.82, 2.24) is 14.8 Å². The number of nitro groups is 1. The van der Waals surface area contributed by atoms with Crippen LogP contribution >= 0.6 is 0 Å². The Labute approximate surface area is 240 Å². The first-order chi connectivity index (χ1) is 20.0. The van der Waals surface area contributed by atoms with Crippen molar-refractivity contribution in [2.45, 2.75) is 32.5 Å². The van der Waals surface area contributed by atoms with Gasteiger partial charge in [-0.05, 0) is 32.0 Å². The van der Waals surface area contributed by atoms with Gasteiger partial charge in [-0.15, -0.1) is 0 Å². The molecule has 0 unspecified atom stereocenters. The van der Waals surface area contributed by atoms with Gasteiger partial charge in [-0.25, -0.2) is 4.98 Å². The molecule has 1 fully saturated rings. The van der Waals surface area contributed by atoms with E-state index >= 15 is 0 Å². The lowest BCUT2D eigenvalue weighted by atomic mass is 10.1. The molecule has 2 atom stereocenters. The second-order valence-electron chi connectivity index (χ2n) is 9.38. The maximum absolute atomic E-state index is 13.6. The monoisotopic (exact) mass is 582 g/mol. The Morgan fingerprint density at radius 3 is 2.40 bits per heavy atom. The number of aliphatic carboxylic acids is 1. The first-order valence-electron chi connectivity index (χ1n) is 12.9. The SMILES string of the molecule is CCOc1c(OC)cc([N+](=O)[O-])cc1[C@@H]1N(C)C(=O)[C@H](C)N1C(=O)COc1ccc2ccc(OC)c(CC(=O)O)c2n1. The van der Waals surface area contributed by atoms with E-state index in [0.29, 0.717) is 22.2 Å². The van der Waals surface area contributed by atoms with Crippen molar-refractivity contribution in [1.29, 1.82) is 0 Å². The topological polar surface area (TPSA) is 171 Å². The Morgan fingerprint density at radius 2 is 1.79 bits per heavy atom. The van der Waals surface area contributed by atoms with Gasteiger partial charge in [0, 0.05) is 35.7 Å². The van der Waals surface area contributed by atoms with Crippen LogP contribution < -0.4 is 18.9 Å². The van der Waals surface area contributed by atoms with Crippen molar-refractivity contribution in [3.05, 3.63) is 57.6 Å². The average Bonchev–Trinajstić information content (AvgIpc) is 3.19. The van der Waals surface area contributed by atoms with Crippen LogP contribution in [0.4, 0.5) is 5.69 Å². The van der Waals surface area contributed by atoms with E-state index in [1.54, 1.807) is 32.0 Å². The van der Waals surface area contributed by atoms with Gasteiger partial charge in [-0.2, -0.15) is 0 Å². The first kappa shape index (κ1) is 29.8. The van der Waals surface area contributed by atoms with Gasteiger partial charge < -0.3 is 33.9 Å². The number of methoxy groups -OCH3 is 2. The van der Waals surface area contributed by atoms with E-state index in [0.717, 1.165) is 0 Å². The maximum atomic E-state index is 13.6. The number of nitrogens with zero attached hydrogens (tertiary/aromatic N) is 4. The van der Waals surface area contributed by atoms with Gasteiger partial charge in [-0.3, -0.25) is 24.5 Å². The lowest BCUT2D eigenvalue weighted by molar-refractivity contribution is -0.385. The van der Waals surface area contributed by atoms with Gasteiger partial charge in [0.15, 0.2) is 18.1 Å². The van der Waals surface area contributed by atoms with Crippen molar-refractivity contribution in [3.8, 4) is 23.1 Å². The third-order valence-corrected chi connectivity index (χ3v) is 6.90. The second kappa shape index (κ2) is 12.2. The molecule has 2 aromatic carbocycles. The summed E-state index contributed by atoms with van der Waals surface area (Å²) in [5.74, 6) is -1.43. The van der Waals surface area contributed by atoms with Gasteiger partial charge in [0.05, 0.1) is 43.8 Å². The van der Waals surface area contributed by atoms with E-state index in [2.05, 4.69) is 4.98 Å². The number of carboxylic acid groups (broad SMARTS) is 1. The molecular weight excluding hydrogens is 552 g/mol. The smallest absolute Gasteiger partial charge is 0.308 e. The summed E-state index contributed by atoms with van der Waals surface area (Å²) in [7, 11) is 4.24. The highest BCUT2D eigenvalue weighted by atomic mass is 16.6. The maximum Gasteiger partial charge on any atom is 0.308 e. The fraction of sp³-hybridized carbons (Fsp3) is 0.357. The van der Waals surface area contributed by atoms with Crippen molar-refractivity contribution in [3.63, 3.8) is 0 Å². The number of aromatic nitrogens is 1. The lowest BCUT2D eigenvalue weighted by Gasteiger charge is -2.30. The van der Waals surface area contributed by atoms with Crippen molar-refractivity contribution >= 4 is 34.4 Å². The molecule has 0 saturated carbocycles. The number of hydrogen-bond donors (Lipinski definition) is 1. The molecule has 0 radical (unpaired) electrons. The molecule has 3 aromatic rings. The number of ether oxygens (including phenoxy) is 4. The summed E-state index contributed by atoms with van der Waals surface area (Å²) in [4.78, 5) is 56.2. The van der Waals surface area contributed by atoms with Crippen molar-refractivity contribution < 1.29 is 43.4 Å². The molecule has 42 heavy (non-hydrogen) atoms. The molecular formula is C28H30N4O10. The van der Waals surface area contributed by atoms with Crippen LogP contribution in [-0.4, -0.2) is 83.1 Å². The molecule has 14 heteroatoms. The number of nitro benzene ring substituents is 1. The standard InChI is InChI=1S/C28H30N4O10/c1-6-41-26-19(11-17(32(37)38)12-21(26)40-5)27-30(3)28(36)15(2)31(27)23(33)14-42-22-10-8-16-7-9-20(39-4)18(13-24(34)35)25(16)29-22/h7-12,15,27H,6,13-14H2,1-5H3,(H,34,35)/t15-,27+/m0/s1. The fourth-order valence-corrected chi connectivity index (χ4v) is 5.01. The third kappa shape index (κ3) is 5.55. The van der Waals surface area contributed by atoms with Crippen LogP contribution in [0, 0.1) is 10.1 Å². The minimum absolute atomic E-state index is 0.0471. The van der Waals surface area contributed by atoms with E-state index < -0.39 is 41.5 Å². The molecule has 1 saturated heterocycles. The Morgan fingerprint density at radius 1 is 1.10 bits per heavy atom. The predicted octanol–water partition coefficient (Wildman–Crippen LogP) is 2.95. The third-order valence-electron chi connectivity index (χ3n) is 6.90. The minimum Gasteiger partial charge on any atom is -0.496 e. The van der Waals surface area contributed by atoms with E-state index in [-0.39, 0.29) is 41.7 Å². The van der Waals surface area contributed by atoms with Gasteiger partial charge >= 0.3 is 5.97 Å². The summed E-state index contributed by atoms with van der Waals surface area (Å²) in [6.07, 6.45) is -1.40. The van der Waals surface area contributed by atoms with Crippen LogP contribution in [-0.2, 0) is 20.8 Å². The van der Waals surface area contributed by atoms with Crippen LogP contribution in [0.25, 0.3) is 10.9 Å². The number of carbonyl (C=O) groups excluding carboxylic acids is 2. The van der Waals surface area contributed by atoms with Crippen LogP contribution in [0.2, 0.25) is 0 Å². The second-order valence-corrected chi connectivity index (χ2v) is 9.38. The Hall–Kier alpha value is -5.14. The number of carbonyl (C=O) groups is 3. The van der Waals surface area contributed by atoms with Gasteiger partial charge in [0.1, 0.15) is 18.0 Å². The summed E-state index contributed by atoms with van der Waals surface area (Å²) >= 11 is 0. The molecule has 0 spiro atoms. The van der Waals surface area contributed by atoms with E-state index in [9.17, 15) is 29.6 Å². The lowest BCUT2D eigenvalue weighted by Crippen LogP contribution is -2.41.